The fourth-order valence-electron chi connectivity index (χ4n) is 3.01. The summed E-state index contributed by atoms with van der Waals surface area (Å²) in [5.74, 6) is 0.976. The van der Waals surface area contributed by atoms with E-state index in [0.717, 1.165) is 18.9 Å². The van der Waals surface area contributed by atoms with E-state index in [1.54, 1.807) is 0 Å². The van der Waals surface area contributed by atoms with E-state index in [1.807, 2.05) is 13.0 Å². The van der Waals surface area contributed by atoms with Gasteiger partial charge < -0.3 is 15.0 Å². The van der Waals surface area contributed by atoms with Crippen molar-refractivity contribution >= 4 is 0 Å². The van der Waals surface area contributed by atoms with Crippen LogP contribution < -0.4 is 10.1 Å². The molecule has 0 aromatic heterocycles. The predicted molar refractivity (Wildman–Crippen MR) is 88.8 cm³/mol. The van der Waals surface area contributed by atoms with Crippen molar-refractivity contribution in [2.45, 2.75) is 58.7 Å². The van der Waals surface area contributed by atoms with Crippen LogP contribution >= 0.6 is 0 Å². The first kappa shape index (κ1) is 16.3. The van der Waals surface area contributed by atoms with Crippen molar-refractivity contribution in [3.05, 3.63) is 29.8 Å². The van der Waals surface area contributed by atoms with Gasteiger partial charge in [-0.1, -0.05) is 12.1 Å². The Balaban J connectivity index is 1.81. The minimum Gasteiger partial charge on any atom is -0.494 e. The summed E-state index contributed by atoms with van der Waals surface area (Å²) in [4.78, 5) is 2.59. The van der Waals surface area contributed by atoms with Crippen LogP contribution in [-0.4, -0.2) is 36.7 Å². The SMILES string of the molecule is CCOc1cccc(CNC2CCCN(C(C)C)CC2)c1. The highest BCUT2D eigenvalue weighted by molar-refractivity contribution is 5.28. The van der Waals surface area contributed by atoms with E-state index in [1.165, 1.54) is 37.9 Å². The summed E-state index contributed by atoms with van der Waals surface area (Å²) in [5, 5.41) is 3.72. The molecule has 0 spiro atoms. The molecule has 1 aromatic carbocycles. The molecule has 118 valence electrons. The Morgan fingerprint density at radius 1 is 1.29 bits per heavy atom. The zero-order chi connectivity index (χ0) is 15.1. The Labute approximate surface area is 129 Å². The number of benzene rings is 1. The lowest BCUT2D eigenvalue weighted by molar-refractivity contribution is 0.229. The smallest absolute Gasteiger partial charge is 0.119 e. The third-order valence-electron chi connectivity index (χ3n) is 4.30. The lowest BCUT2D eigenvalue weighted by Crippen LogP contribution is -2.33. The Morgan fingerprint density at radius 2 is 2.14 bits per heavy atom. The number of ether oxygens (including phenoxy) is 1. The third kappa shape index (κ3) is 5.33. The highest BCUT2D eigenvalue weighted by atomic mass is 16.5. The van der Waals surface area contributed by atoms with Crippen molar-refractivity contribution in [1.29, 1.82) is 0 Å². The van der Waals surface area contributed by atoms with E-state index < -0.39 is 0 Å². The maximum absolute atomic E-state index is 5.56. The molecule has 1 N–H and O–H groups in total. The standard InChI is InChI=1S/C18H30N2O/c1-4-21-18-9-5-7-16(13-18)14-19-17-8-6-11-20(12-10-17)15(2)3/h5,7,9,13,15,17,19H,4,6,8,10-12,14H2,1-3H3. The van der Waals surface area contributed by atoms with Gasteiger partial charge in [-0.15, -0.1) is 0 Å². The van der Waals surface area contributed by atoms with Crippen molar-refractivity contribution in [2.75, 3.05) is 19.7 Å². The monoisotopic (exact) mass is 290 g/mol. The van der Waals surface area contributed by atoms with Gasteiger partial charge in [0.05, 0.1) is 6.61 Å². The quantitative estimate of drug-likeness (QED) is 0.868. The number of likely N-dealkylation sites (tertiary alicyclic amines) is 1. The molecule has 2 rings (SSSR count). The highest BCUT2D eigenvalue weighted by Gasteiger charge is 2.18. The summed E-state index contributed by atoms with van der Waals surface area (Å²) in [5.41, 5.74) is 1.31. The van der Waals surface area contributed by atoms with Crippen LogP contribution in [0.3, 0.4) is 0 Å². The van der Waals surface area contributed by atoms with E-state index in [0.29, 0.717) is 12.1 Å². The second-order valence-corrected chi connectivity index (χ2v) is 6.22. The molecule has 21 heavy (non-hydrogen) atoms. The molecule has 0 bridgehead atoms. The molecule has 3 heteroatoms. The molecule has 1 unspecified atom stereocenters. The fourth-order valence-corrected chi connectivity index (χ4v) is 3.01. The molecule has 0 amide bonds. The Bertz CT molecular complexity index is 419. The predicted octanol–water partition coefficient (Wildman–Crippen LogP) is 3.44. The number of nitrogens with zero attached hydrogens (tertiary/aromatic N) is 1. The molecule has 1 saturated heterocycles. The third-order valence-corrected chi connectivity index (χ3v) is 4.30. The van der Waals surface area contributed by atoms with E-state index in [9.17, 15) is 0 Å². The van der Waals surface area contributed by atoms with Gasteiger partial charge in [-0.05, 0) is 70.8 Å². The molecular formula is C18H30N2O. The van der Waals surface area contributed by atoms with Gasteiger partial charge in [0.15, 0.2) is 0 Å². The summed E-state index contributed by atoms with van der Waals surface area (Å²) in [6.07, 6.45) is 3.84. The topological polar surface area (TPSA) is 24.5 Å². The van der Waals surface area contributed by atoms with Crippen molar-refractivity contribution in [1.82, 2.24) is 10.2 Å². The highest BCUT2D eigenvalue weighted by Crippen LogP contribution is 2.16. The average Bonchev–Trinajstić information content (AvgIpc) is 2.71. The Kier molecular flexibility index (Phi) is 6.52. The second kappa shape index (κ2) is 8.40. The van der Waals surface area contributed by atoms with Crippen LogP contribution in [0.2, 0.25) is 0 Å². The van der Waals surface area contributed by atoms with Gasteiger partial charge in [0, 0.05) is 18.6 Å². The average molecular weight is 290 g/mol. The summed E-state index contributed by atoms with van der Waals surface area (Å²) in [6.45, 7) is 10.7. The number of rotatable bonds is 6. The molecule has 1 aliphatic heterocycles. The minimum absolute atomic E-state index is 0.643. The molecule has 3 nitrogen and oxygen atoms in total. The van der Waals surface area contributed by atoms with Gasteiger partial charge in [0.25, 0.3) is 0 Å². The molecule has 1 fully saturated rings. The van der Waals surface area contributed by atoms with Crippen LogP contribution in [0, 0.1) is 0 Å². The Hall–Kier alpha value is -1.06. The summed E-state index contributed by atoms with van der Waals surface area (Å²) in [6, 6.07) is 9.74. The molecule has 0 saturated carbocycles. The zero-order valence-corrected chi connectivity index (χ0v) is 13.8. The van der Waals surface area contributed by atoms with Crippen LogP contribution in [0.15, 0.2) is 24.3 Å². The maximum atomic E-state index is 5.56. The largest absolute Gasteiger partial charge is 0.494 e. The van der Waals surface area contributed by atoms with Crippen LogP contribution in [0.5, 0.6) is 5.75 Å². The van der Waals surface area contributed by atoms with E-state index in [4.69, 9.17) is 4.74 Å². The first-order valence-corrected chi connectivity index (χ1v) is 8.38. The van der Waals surface area contributed by atoms with Crippen molar-refractivity contribution < 1.29 is 4.74 Å². The zero-order valence-electron chi connectivity index (χ0n) is 13.8. The van der Waals surface area contributed by atoms with Crippen molar-refractivity contribution in [2.24, 2.45) is 0 Å². The van der Waals surface area contributed by atoms with Gasteiger partial charge in [-0.25, -0.2) is 0 Å². The van der Waals surface area contributed by atoms with Crippen LogP contribution in [0.25, 0.3) is 0 Å². The second-order valence-electron chi connectivity index (χ2n) is 6.22. The number of hydrogen-bond acceptors (Lipinski definition) is 3. The molecule has 1 heterocycles. The van der Waals surface area contributed by atoms with E-state index in [-0.39, 0.29) is 0 Å². The lowest BCUT2D eigenvalue weighted by atomic mass is 10.1. The number of hydrogen-bond donors (Lipinski definition) is 1. The summed E-state index contributed by atoms with van der Waals surface area (Å²) >= 11 is 0. The van der Waals surface area contributed by atoms with Crippen molar-refractivity contribution in [3.63, 3.8) is 0 Å². The normalized spacial score (nSPS) is 20.5. The molecular weight excluding hydrogens is 260 g/mol. The summed E-state index contributed by atoms with van der Waals surface area (Å²) < 4.78 is 5.56. The lowest BCUT2D eigenvalue weighted by Gasteiger charge is -2.24. The Morgan fingerprint density at radius 3 is 2.90 bits per heavy atom. The van der Waals surface area contributed by atoms with Gasteiger partial charge in [-0.3, -0.25) is 0 Å². The van der Waals surface area contributed by atoms with Gasteiger partial charge in [0.2, 0.25) is 0 Å². The molecule has 0 aliphatic carbocycles. The molecule has 1 atom stereocenters. The van der Waals surface area contributed by atoms with Crippen LogP contribution in [0.1, 0.15) is 45.6 Å². The molecule has 0 radical (unpaired) electrons. The maximum Gasteiger partial charge on any atom is 0.119 e. The van der Waals surface area contributed by atoms with E-state index >= 15 is 0 Å². The van der Waals surface area contributed by atoms with Crippen LogP contribution in [0.4, 0.5) is 0 Å². The molecule has 1 aromatic rings. The van der Waals surface area contributed by atoms with E-state index in [2.05, 4.69) is 42.3 Å². The van der Waals surface area contributed by atoms with Gasteiger partial charge in [0.1, 0.15) is 5.75 Å². The fraction of sp³-hybridized carbons (Fsp3) is 0.667. The first-order valence-electron chi connectivity index (χ1n) is 8.38. The number of nitrogens with one attached hydrogen (secondary N) is 1. The minimum atomic E-state index is 0.643. The first-order chi connectivity index (χ1) is 10.2. The molecule has 1 aliphatic rings. The van der Waals surface area contributed by atoms with Gasteiger partial charge >= 0.3 is 0 Å². The van der Waals surface area contributed by atoms with Crippen molar-refractivity contribution in [3.8, 4) is 5.75 Å². The van der Waals surface area contributed by atoms with Crippen LogP contribution in [-0.2, 0) is 6.54 Å². The summed E-state index contributed by atoms with van der Waals surface area (Å²) in [7, 11) is 0. The van der Waals surface area contributed by atoms with Gasteiger partial charge in [-0.2, -0.15) is 0 Å².